The van der Waals surface area contributed by atoms with Gasteiger partial charge in [0.15, 0.2) is 24.1 Å². The van der Waals surface area contributed by atoms with Gasteiger partial charge in [-0.15, -0.1) is 0 Å². The molecular formula is C40H52N4O12S3. The summed E-state index contributed by atoms with van der Waals surface area (Å²) in [4.78, 5) is 48.2. The van der Waals surface area contributed by atoms with Gasteiger partial charge in [-0.1, -0.05) is 41.5 Å². The molecule has 2 fully saturated rings. The van der Waals surface area contributed by atoms with Crippen LogP contribution in [-0.2, 0) is 33.2 Å². The molecule has 3 aliphatic rings. The van der Waals surface area contributed by atoms with Gasteiger partial charge < -0.3 is 54.0 Å². The van der Waals surface area contributed by atoms with Gasteiger partial charge in [0.2, 0.25) is 0 Å². The molecule has 6 rings (SSSR count). The second-order valence-corrected chi connectivity index (χ2v) is 19.5. The molecule has 322 valence electrons. The zero-order valence-corrected chi connectivity index (χ0v) is 36.3. The monoisotopic (exact) mass is 876 g/mol. The number of phenols is 1. The van der Waals surface area contributed by atoms with Gasteiger partial charge in [-0.2, -0.15) is 0 Å². The lowest BCUT2D eigenvalue weighted by atomic mass is 9.78. The van der Waals surface area contributed by atoms with E-state index in [4.69, 9.17) is 28.4 Å². The highest BCUT2D eigenvalue weighted by molar-refractivity contribution is 9.09. The number of hydrogen-bond donors (Lipinski definition) is 6. The Kier molecular flexibility index (Phi) is 15.1. The number of pyridine rings is 1. The summed E-state index contributed by atoms with van der Waals surface area (Å²) in [6, 6.07) is 6.59. The van der Waals surface area contributed by atoms with E-state index in [9.17, 15) is 29.7 Å². The number of nitrogens with one attached hydrogen (secondary N) is 3. The number of H-pyrrole nitrogens is 1. The number of aromatic amines is 1. The lowest BCUT2D eigenvalue weighted by molar-refractivity contribution is -0.323. The van der Waals surface area contributed by atoms with Crippen molar-refractivity contribution in [1.29, 1.82) is 0 Å². The smallest absolute Gasteiger partial charge is 0.411 e. The van der Waals surface area contributed by atoms with E-state index >= 15 is 0 Å². The Morgan fingerprint density at radius 1 is 1.20 bits per heavy atom. The predicted octanol–water partition coefficient (Wildman–Crippen LogP) is 4.78. The van der Waals surface area contributed by atoms with E-state index in [1.165, 1.54) is 37.1 Å². The van der Waals surface area contributed by atoms with Crippen LogP contribution in [0.15, 0.2) is 53.4 Å². The third-order valence-corrected chi connectivity index (χ3v) is 14.4. The Labute approximate surface area is 353 Å². The third-order valence-electron chi connectivity index (χ3n) is 10.6. The number of carbonyl (C=O) groups excluding carboxylic acids is 3. The predicted molar refractivity (Wildman–Crippen MR) is 226 cm³/mol. The van der Waals surface area contributed by atoms with Crippen LogP contribution in [0.2, 0.25) is 0 Å². The number of aliphatic hydroxyl groups excluding tert-OH is 1. The number of methoxy groups -OCH3 is 2. The zero-order chi connectivity index (χ0) is 42.6. The Balaban J connectivity index is 1.35. The van der Waals surface area contributed by atoms with Crippen molar-refractivity contribution < 1.29 is 58.1 Å². The summed E-state index contributed by atoms with van der Waals surface area (Å²) >= 11 is 0. The molecule has 1 amide bonds. The minimum Gasteiger partial charge on any atom is -0.508 e. The number of aromatic nitrogens is 2. The SMILES string of the molecule is COC(=O)NC1=C(COC2OC(C)C(C(=O)c3nccc4c3[nH]c3ccc(O)cc34)C(O)C2OC2CC(OC)C(NC(C)C)CO2)/C(=C\CSSSC)[C@@](C)(O)CC1=O. The molecule has 1 aliphatic carbocycles. The summed E-state index contributed by atoms with van der Waals surface area (Å²) in [5, 5.41) is 41.3. The molecule has 2 aliphatic heterocycles. The van der Waals surface area contributed by atoms with Gasteiger partial charge in [-0.25, -0.2) is 4.79 Å². The van der Waals surface area contributed by atoms with Crippen molar-refractivity contribution in [3.8, 4) is 5.75 Å². The molecular weight excluding hydrogens is 825 g/mol. The Morgan fingerprint density at radius 3 is 2.69 bits per heavy atom. The second kappa shape index (κ2) is 19.7. The maximum atomic E-state index is 14.6. The van der Waals surface area contributed by atoms with Crippen LogP contribution in [0.5, 0.6) is 5.75 Å². The molecule has 8 unspecified atom stereocenters. The normalized spacial score (nSPS) is 29.8. The summed E-state index contributed by atoms with van der Waals surface area (Å²) in [6.45, 7) is 7.03. The van der Waals surface area contributed by atoms with Gasteiger partial charge in [-0.3, -0.25) is 19.9 Å². The van der Waals surface area contributed by atoms with E-state index in [1.54, 1.807) is 58.9 Å². The van der Waals surface area contributed by atoms with Crippen LogP contribution in [0, 0.1) is 5.92 Å². The number of nitrogens with zero attached hydrogens (tertiary/aromatic N) is 1. The standard InChI is InChI=1S/C40H52N4O12S3/c1-19(2)42-27-18-53-30(15-29(27)51-5)56-37-36(48)31(35(47)34-33-22(10-12-41-34)23-14-21(45)8-9-26(23)43-33)20(3)55-38(37)54-17-24-25(11-13-58-59-57-7)40(4,50)16-28(46)32(24)44-39(49)52-6/h8-12,14,19-20,27,29-31,36-38,42-43,45,48,50H,13,15-18H2,1-7H3,(H,44,49)/b25-11+/t20?,27?,29?,30?,31?,36?,37?,38?,40-/m0/s1. The number of ether oxygens (including phenoxy) is 6. The molecule has 19 heteroatoms. The van der Waals surface area contributed by atoms with Gasteiger partial charge in [-0.05, 0) is 59.8 Å². The molecule has 4 heterocycles. The number of phenolic OH excluding ortho intramolecular Hbond substituents is 1. The molecule has 59 heavy (non-hydrogen) atoms. The number of carbonyl (C=O) groups is 3. The van der Waals surface area contributed by atoms with Crippen LogP contribution in [0.3, 0.4) is 0 Å². The number of fused-ring (bicyclic) bond motifs is 3. The fraction of sp³-hybridized carbons (Fsp3) is 0.550. The van der Waals surface area contributed by atoms with Crippen molar-refractivity contribution in [2.75, 3.05) is 39.4 Å². The molecule has 2 saturated heterocycles. The van der Waals surface area contributed by atoms with Crippen LogP contribution in [0.4, 0.5) is 4.79 Å². The van der Waals surface area contributed by atoms with Crippen LogP contribution < -0.4 is 10.6 Å². The first-order chi connectivity index (χ1) is 28.2. The molecule has 0 spiro atoms. The largest absolute Gasteiger partial charge is 0.508 e. The number of allylic oxidation sites excluding steroid dienone is 1. The Bertz CT molecular complexity index is 2080. The van der Waals surface area contributed by atoms with Gasteiger partial charge in [0.05, 0.1) is 67.4 Å². The summed E-state index contributed by atoms with van der Waals surface area (Å²) in [5.74, 6) is -1.75. The van der Waals surface area contributed by atoms with Crippen molar-refractivity contribution in [2.24, 2.45) is 5.92 Å². The minimum absolute atomic E-state index is 0.0608. The van der Waals surface area contributed by atoms with Crippen LogP contribution >= 0.6 is 31.4 Å². The molecule has 3 aromatic rings. The quantitative estimate of drug-likeness (QED) is 0.0688. The topological polar surface area (TPSA) is 220 Å². The van der Waals surface area contributed by atoms with Gasteiger partial charge in [0.1, 0.15) is 17.5 Å². The molecule has 0 bridgehead atoms. The highest BCUT2D eigenvalue weighted by Gasteiger charge is 2.51. The number of amides is 1. The van der Waals surface area contributed by atoms with E-state index in [2.05, 4.69) is 20.6 Å². The molecule has 1 aromatic carbocycles. The first-order valence-electron chi connectivity index (χ1n) is 19.2. The summed E-state index contributed by atoms with van der Waals surface area (Å²) < 4.78 is 36.1. The highest BCUT2D eigenvalue weighted by atomic mass is 33.5. The molecule has 16 nitrogen and oxygen atoms in total. The molecule has 0 saturated carbocycles. The van der Waals surface area contributed by atoms with Crippen molar-refractivity contribution in [2.45, 2.75) is 95.2 Å². The summed E-state index contributed by atoms with van der Waals surface area (Å²) in [6.07, 6.45) is -2.14. The van der Waals surface area contributed by atoms with E-state index in [0.717, 1.165) is 0 Å². The maximum Gasteiger partial charge on any atom is 0.411 e. The van der Waals surface area contributed by atoms with Crippen molar-refractivity contribution in [3.05, 3.63) is 59.1 Å². The van der Waals surface area contributed by atoms with Crippen molar-refractivity contribution in [1.82, 2.24) is 20.6 Å². The average Bonchev–Trinajstić information content (AvgIpc) is 3.56. The van der Waals surface area contributed by atoms with Gasteiger partial charge in [0, 0.05) is 59.8 Å². The fourth-order valence-corrected chi connectivity index (χ4v) is 10.4. The number of hydrogen-bond acceptors (Lipinski definition) is 17. The maximum absolute atomic E-state index is 14.6. The number of aliphatic hydroxyl groups is 2. The number of alkyl carbamates (subject to hydrolysis) is 1. The lowest BCUT2D eigenvalue weighted by Gasteiger charge is -2.45. The molecule has 9 atom stereocenters. The number of Topliss-reactive ketones (excluding diaryl/α,β-unsaturated/α-hetero) is 2. The van der Waals surface area contributed by atoms with E-state index in [-0.39, 0.29) is 67.0 Å². The number of aromatic hydroxyl groups is 1. The fourth-order valence-electron chi connectivity index (χ4n) is 7.95. The zero-order valence-electron chi connectivity index (χ0n) is 33.9. The number of rotatable bonds is 15. The van der Waals surface area contributed by atoms with Crippen molar-refractivity contribution in [3.63, 3.8) is 0 Å². The van der Waals surface area contributed by atoms with Crippen LogP contribution in [0.1, 0.15) is 51.0 Å². The van der Waals surface area contributed by atoms with E-state index < -0.39 is 60.1 Å². The number of benzene rings is 1. The van der Waals surface area contributed by atoms with Gasteiger partial charge in [0.25, 0.3) is 0 Å². The molecule has 2 aromatic heterocycles. The van der Waals surface area contributed by atoms with E-state index in [0.29, 0.717) is 33.1 Å². The summed E-state index contributed by atoms with van der Waals surface area (Å²) in [5.41, 5.74) is -0.00929. The van der Waals surface area contributed by atoms with Crippen LogP contribution in [0.25, 0.3) is 21.8 Å². The Hall–Kier alpha value is -3.21. The number of ketones is 2. The average molecular weight is 877 g/mol. The molecule has 0 radical (unpaired) electrons. The van der Waals surface area contributed by atoms with Crippen LogP contribution in [-0.4, -0.2) is 137 Å². The first-order valence-corrected chi connectivity index (χ1v) is 23.2. The second-order valence-electron chi connectivity index (χ2n) is 15.1. The Morgan fingerprint density at radius 2 is 1.98 bits per heavy atom. The molecule has 6 N–H and O–H groups in total. The third kappa shape index (κ3) is 10.1. The first kappa shape index (κ1) is 45.3. The lowest BCUT2D eigenvalue weighted by Crippen LogP contribution is -2.60. The van der Waals surface area contributed by atoms with Gasteiger partial charge >= 0.3 is 6.09 Å². The summed E-state index contributed by atoms with van der Waals surface area (Å²) in [7, 11) is 7.39. The minimum atomic E-state index is -1.61. The van der Waals surface area contributed by atoms with Crippen molar-refractivity contribution >= 4 is 70.9 Å². The van der Waals surface area contributed by atoms with E-state index in [1.807, 2.05) is 20.1 Å². The highest BCUT2D eigenvalue weighted by Crippen LogP contribution is 2.40.